The molecule has 8 heteroatoms. The summed E-state index contributed by atoms with van der Waals surface area (Å²) in [6, 6.07) is 19.6. The molecule has 0 spiro atoms. The predicted octanol–water partition coefficient (Wildman–Crippen LogP) is 2.56. The van der Waals surface area contributed by atoms with Crippen LogP contribution in [0.3, 0.4) is 0 Å². The van der Waals surface area contributed by atoms with Gasteiger partial charge in [-0.05, 0) is 48.5 Å². The number of nitrogens with zero attached hydrogens (tertiary/aromatic N) is 6. The van der Waals surface area contributed by atoms with Gasteiger partial charge in [0, 0.05) is 44.5 Å². The van der Waals surface area contributed by atoms with Gasteiger partial charge < -0.3 is 15.1 Å². The molecule has 168 valence electrons. The first-order valence-corrected chi connectivity index (χ1v) is 11.2. The fourth-order valence-corrected chi connectivity index (χ4v) is 4.00. The van der Waals surface area contributed by atoms with E-state index in [1.54, 1.807) is 0 Å². The number of aromatic nitrogens is 4. The van der Waals surface area contributed by atoms with E-state index in [-0.39, 0.29) is 5.91 Å². The van der Waals surface area contributed by atoms with Crippen LogP contribution in [0.2, 0.25) is 0 Å². The Bertz CT molecular complexity index is 1230. The number of fused-ring (bicyclic) bond motifs is 1. The predicted molar refractivity (Wildman–Crippen MR) is 128 cm³/mol. The van der Waals surface area contributed by atoms with Crippen molar-refractivity contribution in [1.82, 2.24) is 30.2 Å². The van der Waals surface area contributed by atoms with Gasteiger partial charge in [0.2, 0.25) is 0 Å². The Labute approximate surface area is 192 Å². The van der Waals surface area contributed by atoms with Crippen LogP contribution in [0.15, 0.2) is 66.9 Å². The molecule has 2 aromatic heterocycles. The molecule has 33 heavy (non-hydrogen) atoms. The molecule has 5 rings (SSSR count). The number of para-hydroxylation sites is 1. The largest absolute Gasteiger partial charge is 0.354 e. The SMILES string of the molecule is CN1CCN(c2ccc(CNC(=O)c3ccc(Cn4nnc5ccccc54)cc3)cn2)CC1. The fraction of sp³-hybridized carbons (Fsp3) is 0.280. The second-order valence-electron chi connectivity index (χ2n) is 8.43. The van der Waals surface area contributed by atoms with Gasteiger partial charge in [-0.3, -0.25) is 4.79 Å². The van der Waals surface area contributed by atoms with Gasteiger partial charge in [0.1, 0.15) is 11.3 Å². The maximum Gasteiger partial charge on any atom is 0.251 e. The first-order valence-electron chi connectivity index (χ1n) is 11.2. The third-order valence-corrected chi connectivity index (χ3v) is 6.06. The van der Waals surface area contributed by atoms with Gasteiger partial charge in [-0.15, -0.1) is 5.10 Å². The van der Waals surface area contributed by atoms with Gasteiger partial charge in [-0.2, -0.15) is 0 Å². The summed E-state index contributed by atoms with van der Waals surface area (Å²) >= 11 is 0. The van der Waals surface area contributed by atoms with Crippen molar-refractivity contribution < 1.29 is 4.79 Å². The summed E-state index contributed by atoms with van der Waals surface area (Å²) in [6.45, 7) is 5.13. The molecule has 1 N–H and O–H groups in total. The van der Waals surface area contributed by atoms with Crippen molar-refractivity contribution in [2.45, 2.75) is 13.1 Å². The van der Waals surface area contributed by atoms with E-state index in [9.17, 15) is 4.79 Å². The third-order valence-electron chi connectivity index (χ3n) is 6.06. The summed E-state index contributed by atoms with van der Waals surface area (Å²) in [4.78, 5) is 21.8. The second-order valence-corrected chi connectivity index (χ2v) is 8.43. The number of nitrogens with one attached hydrogen (secondary N) is 1. The fourth-order valence-electron chi connectivity index (χ4n) is 4.00. The molecule has 8 nitrogen and oxygen atoms in total. The van der Waals surface area contributed by atoms with E-state index in [1.807, 2.05) is 71.5 Å². The van der Waals surface area contributed by atoms with Crippen LogP contribution in [-0.4, -0.2) is 64.0 Å². The quantitative estimate of drug-likeness (QED) is 0.496. The number of pyridine rings is 1. The number of piperazine rings is 1. The molecule has 1 saturated heterocycles. The zero-order valence-electron chi connectivity index (χ0n) is 18.7. The molecular formula is C25H27N7O. The van der Waals surface area contributed by atoms with Crippen molar-refractivity contribution in [2.75, 3.05) is 38.1 Å². The Morgan fingerprint density at radius 2 is 1.70 bits per heavy atom. The summed E-state index contributed by atoms with van der Waals surface area (Å²) in [5.41, 5.74) is 4.54. The maximum atomic E-state index is 12.6. The number of likely N-dealkylation sites (N-methyl/N-ethyl adjacent to an activating group) is 1. The molecule has 1 amide bonds. The van der Waals surface area contributed by atoms with Crippen LogP contribution in [0.5, 0.6) is 0 Å². The summed E-state index contributed by atoms with van der Waals surface area (Å²) in [6.07, 6.45) is 1.85. The first kappa shape index (κ1) is 21.1. The van der Waals surface area contributed by atoms with Crippen LogP contribution in [0.4, 0.5) is 5.82 Å². The number of amides is 1. The number of carbonyl (C=O) groups is 1. The van der Waals surface area contributed by atoms with Gasteiger partial charge in [-0.1, -0.05) is 35.5 Å². The number of carbonyl (C=O) groups excluding carboxylic acids is 1. The topological polar surface area (TPSA) is 79.2 Å². The van der Waals surface area contributed by atoms with E-state index in [0.717, 1.165) is 54.2 Å². The standard InChI is InChI=1S/C25H27N7O/c1-30-12-14-31(15-13-30)24-11-8-20(16-26-24)17-27-25(33)21-9-6-19(7-10-21)18-32-23-5-3-2-4-22(23)28-29-32/h2-11,16H,12-15,17-18H2,1H3,(H,27,33). The van der Waals surface area contributed by atoms with Gasteiger partial charge in [-0.25, -0.2) is 9.67 Å². The Morgan fingerprint density at radius 1 is 0.939 bits per heavy atom. The van der Waals surface area contributed by atoms with Gasteiger partial charge in [0.05, 0.1) is 12.1 Å². The van der Waals surface area contributed by atoms with E-state index >= 15 is 0 Å². The molecular weight excluding hydrogens is 414 g/mol. The van der Waals surface area contributed by atoms with Crippen LogP contribution >= 0.6 is 0 Å². The minimum atomic E-state index is -0.101. The highest BCUT2D eigenvalue weighted by atomic mass is 16.1. The van der Waals surface area contributed by atoms with E-state index in [0.29, 0.717) is 18.7 Å². The molecule has 0 bridgehead atoms. The van der Waals surface area contributed by atoms with E-state index in [1.165, 1.54) is 0 Å². The lowest BCUT2D eigenvalue weighted by Gasteiger charge is -2.33. The monoisotopic (exact) mass is 441 g/mol. The molecule has 0 radical (unpaired) electrons. The molecule has 0 unspecified atom stereocenters. The van der Waals surface area contributed by atoms with Crippen molar-refractivity contribution in [3.05, 3.63) is 83.6 Å². The van der Waals surface area contributed by atoms with E-state index in [4.69, 9.17) is 0 Å². The highest BCUT2D eigenvalue weighted by molar-refractivity contribution is 5.94. The zero-order chi connectivity index (χ0) is 22.6. The third kappa shape index (κ3) is 4.85. The number of hydrogen-bond acceptors (Lipinski definition) is 6. The number of hydrogen-bond donors (Lipinski definition) is 1. The average Bonchev–Trinajstić information content (AvgIpc) is 3.27. The van der Waals surface area contributed by atoms with Crippen LogP contribution in [0.25, 0.3) is 11.0 Å². The molecule has 4 aromatic rings. The molecule has 0 aliphatic carbocycles. The number of rotatable bonds is 6. The molecule has 1 aliphatic heterocycles. The van der Waals surface area contributed by atoms with Crippen molar-refractivity contribution in [3.63, 3.8) is 0 Å². The lowest BCUT2D eigenvalue weighted by atomic mass is 10.1. The molecule has 0 atom stereocenters. The second kappa shape index (κ2) is 9.38. The molecule has 3 heterocycles. The van der Waals surface area contributed by atoms with Crippen LogP contribution in [0, 0.1) is 0 Å². The van der Waals surface area contributed by atoms with E-state index in [2.05, 4.69) is 37.5 Å². The summed E-state index contributed by atoms with van der Waals surface area (Å²) in [5, 5.41) is 11.4. The Kier molecular flexibility index (Phi) is 5.99. The Hall–Kier alpha value is -3.78. The van der Waals surface area contributed by atoms with Gasteiger partial charge >= 0.3 is 0 Å². The van der Waals surface area contributed by atoms with Crippen molar-refractivity contribution >= 4 is 22.8 Å². The summed E-state index contributed by atoms with van der Waals surface area (Å²) in [5.74, 6) is 0.893. The lowest BCUT2D eigenvalue weighted by molar-refractivity contribution is 0.0951. The van der Waals surface area contributed by atoms with Crippen molar-refractivity contribution in [3.8, 4) is 0 Å². The smallest absolute Gasteiger partial charge is 0.251 e. The Morgan fingerprint density at radius 3 is 2.45 bits per heavy atom. The van der Waals surface area contributed by atoms with Crippen LogP contribution < -0.4 is 10.2 Å². The highest BCUT2D eigenvalue weighted by Gasteiger charge is 2.15. The molecule has 1 aliphatic rings. The lowest BCUT2D eigenvalue weighted by Crippen LogP contribution is -2.44. The summed E-state index contributed by atoms with van der Waals surface area (Å²) in [7, 11) is 2.14. The summed E-state index contributed by atoms with van der Waals surface area (Å²) < 4.78 is 1.86. The molecule has 0 saturated carbocycles. The van der Waals surface area contributed by atoms with Gasteiger partial charge in [0.15, 0.2) is 0 Å². The molecule has 1 fully saturated rings. The Balaban J connectivity index is 1.16. The zero-order valence-corrected chi connectivity index (χ0v) is 18.7. The number of benzene rings is 2. The number of anilines is 1. The van der Waals surface area contributed by atoms with Crippen LogP contribution in [-0.2, 0) is 13.1 Å². The van der Waals surface area contributed by atoms with Crippen molar-refractivity contribution in [2.24, 2.45) is 0 Å². The van der Waals surface area contributed by atoms with E-state index < -0.39 is 0 Å². The van der Waals surface area contributed by atoms with Crippen molar-refractivity contribution in [1.29, 1.82) is 0 Å². The molecule has 2 aromatic carbocycles. The maximum absolute atomic E-state index is 12.6. The first-order chi connectivity index (χ1) is 16.2. The average molecular weight is 442 g/mol. The minimum absolute atomic E-state index is 0.101. The highest BCUT2D eigenvalue weighted by Crippen LogP contribution is 2.15. The normalized spacial score (nSPS) is 14.5. The minimum Gasteiger partial charge on any atom is -0.354 e. The van der Waals surface area contributed by atoms with Gasteiger partial charge in [0.25, 0.3) is 5.91 Å². The van der Waals surface area contributed by atoms with Crippen LogP contribution in [0.1, 0.15) is 21.5 Å².